The number of rotatable bonds is 9. The van der Waals surface area contributed by atoms with Crippen molar-refractivity contribution < 1.29 is 14.0 Å². The Morgan fingerprint density at radius 1 is 0.941 bits per heavy atom. The number of carbonyl (C=O) groups excluding carboxylic acids is 2. The summed E-state index contributed by atoms with van der Waals surface area (Å²) in [5.41, 5.74) is 2.25. The Kier molecular flexibility index (Phi) is 9.08. The molecule has 3 rings (SSSR count). The van der Waals surface area contributed by atoms with Crippen LogP contribution >= 0.6 is 23.2 Å². The van der Waals surface area contributed by atoms with E-state index >= 15 is 0 Å². The van der Waals surface area contributed by atoms with Crippen LogP contribution in [-0.4, -0.2) is 28.8 Å². The van der Waals surface area contributed by atoms with E-state index in [4.69, 9.17) is 23.2 Å². The summed E-state index contributed by atoms with van der Waals surface area (Å²) in [5.74, 6) is -0.895. The minimum Gasteiger partial charge on any atom is -0.352 e. The maximum atomic E-state index is 13.6. The fourth-order valence-electron chi connectivity index (χ4n) is 3.65. The van der Waals surface area contributed by atoms with Crippen molar-refractivity contribution in [3.63, 3.8) is 0 Å². The van der Waals surface area contributed by atoms with E-state index in [1.165, 1.54) is 12.1 Å². The Balaban J connectivity index is 1.99. The molecule has 2 amide bonds. The van der Waals surface area contributed by atoms with Gasteiger partial charge in [0.05, 0.1) is 6.42 Å². The molecule has 34 heavy (non-hydrogen) atoms. The first-order valence-electron chi connectivity index (χ1n) is 11.0. The molecule has 0 radical (unpaired) electrons. The summed E-state index contributed by atoms with van der Waals surface area (Å²) in [7, 11) is 0. The van der Waals surface area contributed by atoms with E-state index < -0.39 is 6.04 Å². The molecule has 0 aliphatic rings. The minimum atomic E-state index is -0.774. The van der Waals surface area contributed by atoms with Crippen LogP contribution in [-0.2, 0) is 29.0 Å². The molecule has 0 unspecified atom stereocenters. The van der Waals surface area contributed by atoms with Crippen LogP contribution < -0.4 is 5.32 Å². The molecule has 0 fully saturated rings. The minimum absolute atomic E-state index is 0.0196. The van der Waals surface area contributed by atoms with Crippen LogP contribution in [0.25, 0.3) is 0 Å². The van der Waals surface area contributed by atoms with E-state index in [9.17, 15) is 14.0 Å². The molecular formula is C27H27Cl2FN2O2. The van der Waals surface area contributed by atoms with Crippen LogP contribution in [0.15, 0.2) is 72.8 Å². The Morgan fingerprint density at radius 2 is 1.62 bits per heavy atom. The van der Waals surface area contributed by atoms with Gasteiger partial charge in [0.1, 0.15) is 11.9 Å². The van der Waals surface area contributed by atoms with Gasteiger partial charge in [-0.1, -0.05) is 71.7 Å². The van der Waals surface area contributed by atoms with E-state index in [2.05, 4.69) is 5.32 Å². The highest BCUT2D eigenvalue weighted by Crippen LogP contribution is 2.24. The number of benzene rings is 3. The first-order valence-corrected chi connectivity index (χ1v) is 11.8. The number of nitrogens with zero attached hydrogens (tertiary/aromatic N) is 1. The molecule has 0 aliphatic heterocycles. The maximum absolute atomic E-state index is 13.6. The zero-order valence-corrected chi connectivity index (χ0v) is 20.6. The summed E-state index contributed by atoms with van der Waals surface area (Å²) in [6.07, 6.45) is 0.353. The van der Waals surface area contributed by atoms with Gasteiger partial charge in [0.2, 0.25) is 11.8 Å². The molecule has 0 spiro atoms. The summed E-state index contributed by atoms with van der Waals surface area (Å²) < 4.78 is 13.4. The lowest BCUT2D eigenvalue weighted by Crippen LogP contribution is -2.52. The number of carbonyl (C=O) groups is 2. The molecule has 0 aliphatic carbocycles. The standard InChI is InChI=1S/C27H27Cl2FN2O2/c1-18(2)31-27(34)25(14-19-6-4-3-5-7-19)32(17-21-10-11-22(28)16-24(21)29)26(33)15-20-8-12-23(30)13-9-20/h3-13,16,18,25H,14-15,17H2,1-2H3,(H,31,34)/t25-/m1/s1. The van der Waals surface area contributed by atoms with Gasteiger partial charge in [-0.25, -0.2) is 4.39 Å². The third-order valence-electron chi connectivity index (χ3n) is 5.33. The second-order valence-corrected chi connectivity index (χ2v) is 9.27. The summed E-state index contributed by atoms with van der Waals surface area (Å²) in [4.78, 5) is 28.5. The van der Waals surface area contributed by atoms with Crippen molar-refractivity contribution in [1.29, 1.82) is 0 Å². The largest absolute Gasteiger partial charge is 0.352 e. The van der Waals surface area contributed by atoms with Crippen LogP contribution in [0, 0.1) is 5.82 Å². The second-order valence-electron chi connectivity index (χ2n) is 8.43. The van der Waals surface area contributed by atoms with Crippen molar-refractivity contribution in [2.75, 3.05) is 0 Å². The predicted octanol–water partition coefficient (Wildman–Crippen LogP) is 5.84. The molecule has 7 heteroatoms. The van der Waals surface area contributed by atoms with Crippen molar-refractivity contribution in [3.8, 4) is 0 Å². The average molecular weight is 501 g/mol. The van der Waals surface area contributed by atoms with Gasteiger partial charge < -0.3 is 10.2 Å². The van der Waals surface area contributed by atoms with Crippen LogP contribution in [0.5, 0.6) is 0 Å². The molecule has 0 heterocycles. The lowest BCUT2D eigenvalue weighted by molar-refractivity contribution is -0.141. The van der Waals surface area contributed by atoms with Crippen LogP contribution in [0.1, 0.15) is 30.5 Å². The molecule has 1 atom stereocenters. The first kappa shape index (κ1) is 25.7. The predicted molar refractivity (Wildman–Crippen MR) is 134 cm³/mol. The number of nitrogens with one attached hydrogen (secondary N) is 1. The molecule has 4 nitrogen and oxygen atoms in total. The summed E-state index contributed by atoms with van der Waals surface area (Å²) in [5, 5.41) is 3.84. The number of halogens is 3. The molecule has 3 aromatic rings. The first-order chi connectivity index (χ1) is 16.2. The molecule has 1 N–H and O–H groups in total. The van der Waals surface area contributed by atoms with Crippen LogP contribution in [0.4, 0.5) is 4.39 Å². The molecule has 3 aromatic carbocycles. The Hall–Kier alpha value is -2.89. The summed E-state index contributed by atoms with van der Waals surface area (Å²) in [6.45, 7) is 3.87. The number of amides is 2. The normalized spacial score (nSPS) is 11.8. The Bertz CT molecular complexity index is 1120. The van der Waals surface area contributed by atoms with Crippen molar-refractivity contribution in [1.82, 2.24) is 10.2 Å². The molecular weight excluding hydrogens is 474 g/mol. The Labute approximate surface area is 209 Å². The Morgan fingerprint density at radius 3 is 2.24 bits per heavy atom. The smallest absolute Gasteiger partial charge is 0.243 e. The second kappa shape index (κ2) is 12.0. The lowest BCUT2D eigenvalue weighted by atomic mass is 10.0. The fourth-order valence-corrected chi connectivity index (χ4v) is 4.11. The van der Waals surface area contributed by atoms with Gasteiger partial charge in [0.15, 0.2) is 0 Å². The number of hydrogen-bond donors (Lipinski definition) is 1. The van der Waals surface area contributed by atoms with Gasteiger partial charge in [-0.2, -0.15) is 0 Å². The highest BCUT2D eigenvalue weighted by Gasteiger charge is 2.31. The van der Waals surface area contributed by atoms with E-state index in [-0.39, 0.29) is 36.6 Å². The SMILES string of the molecule is CC(C)NC(=O)[C@@H](Cc1ccccc1)N(Cc1ccc(Cl)cc1Cl)C(=O)Cc1ccc(F)cc1. The summed E-state index contributed by atoms with van der Waals surface area (Å²) >= 11 is 12.5. The average Bonchev–Trinajstić information content (AvgIpc) is 2.79. The van der Waals surface area contributed by atoms with Crippen molar-refractivity contribution in [2.24, 2.45) is 0 Å². The third-order valence-corrected chi connectivity index (χ3v) is 5.91. The van der Waals surface area contributed by atoms with Crippen molar-refractivity contribution in [3.05, 3.63) is 105 Å². The monoisotopic (exact) mass is 500 g/mol. The highest BCUT2D eigenvalue weighted by atomic mass is 35.5. The van der Waals surface area contributed by atoms with E-state index in [1.807, 2.05) is 44.2 Å². The quantitative estimate of drug-likeness (QED) is 0.401. The van der Waals surface area contributed by atoms with E-state index in [0.29, 0.717) is 27.6 Å². The van der Waals surface area contributed by atoms with Gasteiger partial charge in [-0.05, 0) is 54.8 Å². The van der Waals surface area contributed by atoms with Crippen LogP contribution in [0.2, 0.25) is 10.0 Å². The maximum Gasteiger partial charge on any atom is 0.243 e. The molecule has 0 saturated heterocycles. The van der Waals surface area contributed by atoms with Gasteiger partial charge >= 0.3 is 0 Å². The van der Waals surface area contributed by atoms with Crippen molar-refractivity contribution in [2.45, 2.75) is 45.3 Å². The van der Waals surface area contributed by atoms with Gasteiger partial charge in [-0.3, -0.25) is 9.59 Å². The van der Waals surface area contributed by atoms with Gasteiger partial charge in [0.25, 0.3) is 0 Å². The zero-order chi connectivity index (χ0) is 24.7. The lowest BCUT2D eigenvalue weighted by Gasteiger charge is -2.32. The molecule has 0 saturated carbocycles. The van der Waals surface area contributed by atoms with Gasteiger partial charge in [0, 0.05) is 29.1 Å². The van der Waals surface area contributed by atoms with Crippen LogP contribution in [0.3, 0.4) is 0 Å². The molecule has 178 valence electrons. The van der Waals surface area contributed by atoms with Gasteiger partial charge in [-0.15, -0.1) is 0 Å². The zero-order valence-electron chi connectivity index (χ0n) is 19.1. The molecule has 0 aromatic heterocycles. The highest BCUT2D eigenvalue weighted by molar-refractivity contribution is 6.35. The van der Waals surface area contributed by atoms with E-state index in [0.717, 1.165) is 5.56 Å². The summed E-state index contributed by atoms with van der Waals surface area (Å²) in [6, 6.07) is 19.5. The third kappa shape index (κ3) is 7.31. The topological polar surface area (TPSA) is 49.4 Å². The van der Waals surface area contributed by atoms with Crippen molar-refractivity contribution >= 4 is 35.0 Å². The number of hydrogen-bond acceptors (Lipinski definition) is 2. The van der Waals surface area contributed by atoms with E-state index in [1.54, 1.807) is 35.2 Å². The fraction of sp³-hybridized carbons (Fsp3) is 0.259. The molecule has 0 bridgehead atoms.